The summed E-state index contributed by atoms with van der Waals surface area (Å²) in [5, 5.41) is 0.351. The van der Waals surface area contributed by atoms with E-state index in [1.165, 1.54) is 7.11 Å². The van der Waals surface area contributed by atoms with Crippen LogP contribution < -0.4 is 15.9 Å². The first kappa shape index (κ1) is 10.2. The Morgan fingerprint density at radius 2 is 2.06 bits per heavy atom. The number of benzene rings is 1. The van der Waals surface area contributed by atoms with Gasteiger partial charge in [0.25, 0.3) is 5.91 Å². The minimum absolute atomic E-state index is 0.161. The largest absolute Gasteiger partial charge is 0.489 e. The van der Waals surface area contributed by atoms with Crippen molar-refractivity contribution < 1.29 is 13.9 Å². The third-order valence-electron chi connectivity index (χ3n) is 2.18. The molecule has 16 heavy (non-hydrogen) atoms. The van der Waals surface area contributed by atoms with Gasteiger partial charge in [0.1, 0.15) is 5.58 Å². The number of carbonyl (C=O) groups is 1. The minimum Gasteiger partial charge on any atom is -0.489 e. The molecule has 2 N–H and O–H groups in total. The summed E-state index contributed by atoms with van der Waals surface area (Å²) < 4.78 is 10.1. The lowest BCUT2D eigenvalue weighted by Gasteiger charge is -2.05. The molecular formula is C11H9NO4. The third kappa shape index (κ3) is 1.42. The first-order chi connectivity index (χ1) is 7.65. The van der Waals surface area contributed by atoms with E-state index < -0.39 is 11.3 Å². The Labute approximate surface area is 90.4 Å². The number of para-hydroxylation sites is 1. The van der Waals surface area contributed by atoms with Gasteiger partial charge in [0.2, 0.25) is 16.9 Å². The minimum atomic E-state index is -0.834. The highest BCUT2D eigenvalue weighted by Gasteiger charge is 2.18. The van der Waals surface area contributed by atoms with Crippen LogP contribution in [0.4, 0.5) is 0 Å². The second kappa shape index (κ2) is 3.69. The lowest BCUT2D eigenvalue weighted by Crippen LogP contribution is -2.17. The van der Waals surface area contributed by atoms with Crippen LogP contribution in [0.1, 0.15) is 10.6 Å². The van der Waals surface area contributed by atoms with Gasteiger partial charge in [-0.3, -0.25) is 9.59 Å². The maximum Gasteiger partial charge on any atom is 0.288 e. The summed E-state index contributed by atoms with van der Waals surface area (Å²) in [5.74, 6) is -1.25. The molecule has 0 aliphatic carbocycles. The first-order valence-electron chi connectivity index (χ1n) is 4.54. The second-order valence-electron chi connectivity index (χ2n) is 3.15. The van der Waals surface area contributed by atoms with Gasteiger partial charge in [-0.25, -0.2) is 0 Å². The summed E-state index contributed by atoms with van der Waals surface area (Å²) in [6, 6.07) is 6.57. The molecule has 0 bridgehead atoms. The van der Waals surface area contributed by atoms with Crippen molar-refractivity contribution >= 4 is 16.9 Å². The van der Waals surface area contributed by atoms with Crippen molar-refractivity contribution in [3.05, 3.63) is 40.2 Å². The van der Waals surface area contributed by atoms with Gasteiger partial charge in [0.15, 0.2) is 0 Å². The lowest BCUT2D eigenvalue weighted by molar-refractivity contribution is 0.0969. The fourth-order valence-electron chi connectivity index (χ4n) is 1.47. The lowest BCUT2D eigenvalue weighted by atomic mass is 10.2. The average Bonchev–Trinajstić information content (AvgIpc) is 2.29. The van der Waals surface area contributed by atoms with Crippen LogP contribution >= 0.6 is 0 Å². The number of amides is 1. The smallest absolute Gasteiger partial charge is 0.288 e. The topological polar surface area (TPSA) is 82.5 Å². The Kier molecular flexibility index (Phi) is 2.36. The normalized spacial score (nSPS) is 10.3. The summed E-state index contributed by atoms with van der Waals surface area (Å²) in [7, 11) is 1.29. The molecule has 0 saturated heterocycles. The van der Waals surface area contributed by atoms with Gasteiger partial charge in [-0.05, 0) is 12.1 Å². The van der Waals surface area contributed by atoms with Crippen molar-refractivity contribution in [2.75, 3.05) is 7.11 Å². The summed E-state index contributed by atoms with van der Waals surface area (Å²) in [6.45, 7) is 0. The maximum absolute atomic E-state index is 11.9. The zero-order valence-corrected chi connectivity index (χ0v) is 8.52. The molecule has 5 heteroatoms. The maximum atomic E-state index is 11.9. The van der Waals surface area contributed by atoms with Crippen molar-refractivity contribution in [2.24, 2.45) is 5.73 Å². The van der Waals surface area contributed by atoms with Crippen LogP contribution in [0, 0.1) is 0 Å². The van der Waals surface area contributed by atoms with E-state index in [-0.39, 0.29) is 11.5 Å². The van der Waals surface area contributed by atoms with Crippen LogP contribution in [0.3, 0.4) is 0 Å². The Hall–Kier alpha value is -2.30. The molecule has 5 nitrogen and oxygen atoms in total. The van der Waals surface area contributed by atoms with Crippen LogP contribution in [0.5, 0.6) is 5.75 Å². The number of ether oxygens (including phenoxy) is 1. The highest BCUT2D eigenvalue weighted by atomic mass is 16.5. The number of hydrogen-bond acceptors (Lipinski definition) is 4. The van der Waals surface area contributed by atoms with E-state index in [1.54, 1.807) is 24.3 Å². The van der Waals surface area contributed by atoms with Crippen molar-refractivity contribution in [1.29, 1.82) is 0 Å². The van der Waals surface area contributed by atoms with Crippen LogP contribution in [0.25, 0.3) is 11.0 Å². The quantitative estimate of drug-likeness (QED) is 0.813. The van der Waals surface area contributed by atoms with Crippen molar-refractivity contribution in [3.8, 4) is 5.75 Å². The van der Waals surface area contributed by atoms with Crippen molar-refractivity contribution in [3.63, 3.8) is 0 Å². The fraction of sp³-hybridized carbons (Fsp3) is 0.0909. The summed E-state index contributed by atoms with van der Waals surface area (Å²) in [6.07, 6.45) is 0. The molecule has 82 valence electrons. The zero-order valence-electron chi connectivity index (χ0n) is 8.52. The van der Waals surface area contributed by atoms with Gasteiger partial charge in [-0.2, -0.15) is 0 Å². The van der Waals surface area contributed by atoms with E-state index >= 15 is 0 Å². The Morgan fingerprint density at radius 1 is 1.38 bits per heavy atom. The third-order valence-corrected chi connectivity index (χ3v) is 2.18. The monoisotopic (exact) mass is 219 g/mol. The van der Waals surface area contributed by atoms with Gasteiger partial charge in [-0.1, -0.05) is 12.1 Å². The number of carbonyl (C=O) groups excluding carboxylic acids is 1. The van der Waals surface area contributed by atoms with Crippen LogP contribution in [0.2, 0.25) is 0 Å². The number of methoxy groups -OCH3 is 1. The zero-order chi connectivity index (χ0) is 11.7. The summed E-state index contributed by atoms with van der Waals surface area (Å²) >= 11 is 0. The van der Waals surface area contributed by atoms with Gasteiger partial charge >= 0.3 is 0 Å². The molecule has 0 aliphatic rings. The first-order valence-corrected chi connectivity index (χ1v) is 4.54. The molecule has 0 radical (unpaired) electrons. The van der Waals surface area contributed by atoms with Crippen LogP contribution in [-0.4, -0.2) is 13.0 Å². The number of fused-ring (bicyclic) bond motifs is 1. The van der Waals surface area contributed by atoms with E-state index in [4.69, 9.17) is 14.9 Å². The Bertz CT molecular complexity index is 615. The van der Waals surface area contributed by atoms with Crippen LogP contribution in [0.15, 0.2) is 33.5 Å². The number of nitrogens with two attached hydrogens (primary N) is 1. The molecule has 2 rings (SSSR count). The average molecular weight is 219 g/mol. The predicted octanol–water partition coefficient (Wildman–Crippen LogP) is 0.901. The number of rotatable bonds is 2. The summed E-state index contributed by atoms with van der Waals surface area (Å²) in [5.41, 5.74) is 5.00. The Morgan fingerprint density at radius 3 is 2.69 bits per heavy atom. The molecule has 1 aromatic heterocycles. The number of primary amides is 1. The van der Waals surface area contributed by atoms with Gasteiger partial charge in [0.05, 0.1) is 12.5 Å². The molecule has 2 aromatic rings. The highest BCUT2D eigenvalue weighted by Crippen LogP contribution is 2.19. The fourth-order valence-corrected chi connectivity index (χ4v) is 1.47. The van der Waals surface area contributed by atoms with E-state index in [9.17, 15) is 9.59 Å². The SMILES string of the molecule is COc1c(C(N)=O)oc2ccccc2c1=O. The standard InChI is InChI=1S/C11H9NO4/c1-15-9-8(13)6-4-2-3-5-7(6)16-10(9)11(12)14/h2-5H,1H3,(H2,12,14). The van der Waals surface area contributed by atoms with Gasteiger partial charge < -0.3 is 14.9 Å². The van der Waals surface area contributed by atoms with Gasteiger partial charge in [0, 0.05) is 0 Å². The van der Waals surface area contributed by atoms with E-state index in [1.807, 2.05) is 0 Å². The molecule has 0 spiro atoms. The van der Waals surface area contributed by atoms with Gasteiger partial charge in [-0.15, -0.1) is 0 Å². The molecule has 0 fully saturated rings. The predicted molar refractivity (Wildman–Crippen MR) is 57.6 cm³/mol. The van der Waals surface area contributed by atoms with Crippen molar-refractivity contribution in [2.45, 2.75) is 0 Å². The molecule has 1 heterocycles. The molecule has 0 unspecified atom stereocenters. The summed E-state index contributed by atoms with van der Waals surface area (Å²) in [4.78, 5) is 23.0. The Balaban J connectivity index is 2.93. The molecule has 0 atom stereocenters. The molecule has 0 saturated carbocycles. The number of hydrogen-bond donors (Lipinski definition) is 1. The van der Waals surface area contributed by atoms with Crippen LogP contribution in [-0.2, 0) is 0 Å². The van der Waals surface area contributed by atoms with E-state index in [2.05, 4.69) is 0 Å². The molecule has 0 aliphatic heterocycles. The van der Waals surface area contributed by atoms with E-state index in [0.717, 1.165) is 0 Å². The molecule has 1 amide bonds. The van der Waals surface area contributed by atoms with Crippen molar-refractivity contribution in [1.82, 2.24) is 0 Å². The molecular weight excluding hydrogens is 210 g/mol. The highest BCUT2D eigenvalue weighted by molar-refractivity contribution is 5.95. The second-order valence-corrected chi connectivity index (χ2v) is 3.15. The van der Waals surface area contributed by atoms with E-state index in [0.29, 0.717) is 11.0 Å². The molecule has 1 aromatic carbocycles.